The van der Waals surface area contributed by atoms with Crippen LogP contribution in [0.1, 0.15) is 5.56 Å². The van der Waals surface area contributed by atoms with Gasteiger partial charge in [-0.1, -0.05) is 29.8 Å². The Bertz CT molecular complexity index is 797. The van der Waals surface area contributed by atoms with E-state index in [4.69, 9.17) is 11.6 Å². The van der Waals surface area contributed by atoms with E-state index in [0.717, 1.165) is 22.0 Å². The van der Waals surface area contributed by atoms with E-state index in [1.165, 1.54) is 0 Å². The zero-order valence-electron chi connectivity index (χ0n) is 13.1. The number of hydrogen-bond acceptors (Lipinski definition) is 4. The van der Waals surface area contributed by atoms with Gasteiger partial charge in [0, 0.05) is 31.4 Å². The molecule has 23 heavy (non-hydrogen) atoms. The maximum atomic E-state index is 6.01. The number of anilines is 2. The molecule has 0 spiro atoms. The van der Waals surface area contributed by atoms with E-state index in [1.54, 1.807) is 11.0 Å². The van der Waals surface area contributed by atoms with Gasteiger partial charge in [-0.25, -0.2) is 4.68 Å². The third-order valence-electron chi connectivity index (χ3n) is 3.38. The van der Waals surface area contributed by atoms with E-state index in [2.05, 4.69) is 15.4 Å². The molecule has 5 nitrogen and oxygen atoms in total. The van der Waals surface area contributed by atoms with Gasteiger partial charge in [-0.05, 0) is 35.9 Å². The summed E-state index contributed by atoms with van der Waals surface area (Å²) in [6.07, 6.45) is 1.71. The van der Waals surface area contributed by atoms with Crippen molar-refractivity contribution >= 4 is 23.2 Å². The van der Waals surface area contributed by atoms with Crippen LogP contribution in [0.4, 0.5) is 11.6 Å². The van der Waals surface area contributed by atoms with Crippen LogP contribution < -0.4 is 10.2 Å². The Kier molecular flexibility index (Phi) is 4.48. The van der Waals surface area contributed by atoms with Gasteiger partial charge in [0.2, 0.25) is 5.95 Å². The highest BCUT2D eigenvalue weighted by molar-refractivity contribution is 6.30. The van der Waals surface area contributed by atoms with Crippen LogP contribution in [-0.2, 0) is 6.54 Å². The highest BCUT2D eigenvalue weighted by atomic mass is 35.5. The number of nitrogens with zero attached hydrogens (tertiary/aromatic N) is 4. The highest BCUT2D eigenvalue weighted by Crippen LogP contribution is 2.17. The largest absolute Gasteiger partial charge is 0.381 e. The van der Waals surface area contributed by atoms with Crippen LogP contribution in [0.2, 0.25) is 5.02 Å². The molecule has 0 aliphatic rings. The van der Waals surface area contributed by atoms with Crippen molar-refractivity contribution in [2.45, 2.75) is 6.54 Å². The smallest absolute Gasteiger partial charge is 0.244 e. The van der Waals surface area contributed by atoms with Crippen LogP contribution in [0.3, 0.4) is 0 Å². The van der Waals surface area contributed by atoms with E-state index in [9.17, 15) is 0 Å². The minimum atomic E-state index is 0.683. The molecule has 0 fully saturated rings. The van der Waals surface area contributed by atoms with Crippen LogP contribution >= 0.6 is 11.6 Å². The van der Waals surface area contributed by atoms with E-state index >= 15 is 0 Å². The zero-order chi connectivity index (χ0) is 16.2. The van der Waals surface area contributed by atoms with Crippen molar-refractivity contribution < 1.29 is 0 Å². The monoisotopic (exact) mass is 327 g/mol. The van der Waals surface area contributed by atoms with E-state index < -0.39 is 0 Å². The van der Waals surface area contributed by atoms with Crippen LogP contribution in [0, 0.1) is 0 Å². The fraction of sp³-hybridized carbons (Fsp3) is 0.176. The second-order valence-electron chi connectivity index (χ2n) is 5.42. The molecule has 0 saturated heterocycles. The van der Waals surface area contributed by atoms with E-state index in [0.29, 0.717) is 12.5 Å². The second kappa shape index (κ2) is 6.71. The first-order valence-electron chi connectivity index (χ1n) is 7.29. The van der Waals surface area contributed by atoms with Crippen LogP contribution in [0.5, 0.6) is 0 Å². The summed E-state index contributed by atoms with van der Waals surface area (Å²) < 4.78 is 1.76. The number of benzene rings is 2. The number of hydrogen-bond donors (Lipinski definition) is 1. The van der Waals surface area contributed by atoms with E-state index in [1.807, 2.05) is 67.5 Å². The quantitative estimate of drug-likeness (QED) is 0.777. The molecule has 1 heterocycles. The maximum Gasteiger partial charge on any atom is 0.244 e. The van der Waals surface area contributed by atoms with Crippen molar-refractivity contribution in [1.82, 2.24) is 14.8 Å². The molecular formula is C17H18ClN5. The van der Waals surface area contributed by atoms with E-state index in [-0.39, 0.29) is 0 Å². The fourth-order valence-corrected chi connectivity index (χ4v) is 2.41. The zero-order valence-corrected chi connectivity index (χ0v) is 13.8. The lowest BCUT2D eigenvalue weighted by Crippen LogP contribution is -2.11. The summed E-state index contributed by atoms with van der Waals surface area (Å²) in [4.78, 5) is 6.14. The molecule has 0 aliphatic heterocycles. The van der Waals surface area contributed by atoms with Gasteiger partial charge in [0.15, 0.2) is 0 Å². The number of rotatable bonds is 5. The van der Waals surface area contributed by atoms with Crippen molar-refractivity contribution in [3.63, 3.8) is 0 Å². The standard InChI is InChI=1S/C17H18ClN5/c1-22(2)17-20-12-23(21-17)16-8-4-7-15(10-16)19-11-13-5-3-6-14(18)9-13/h3-10,12,19H,11H2,1-2H3. The molecule has 118 valence electrons. The lowest BCUT2D eigenvalue weighted by Gasteiger charge is -2.09. The first-order valence-corrected chi connectivity index (χ1v) is 7.67. The Balaban J connectivity index is 1.74. The van der Waals surface area contributed by atoms with Gasteiger partial charge >= 0.3 is 0 Å². The third kappa shape index (κ3) is 3.81. The summed E-state index contributed by atoms with van der Waals surface area (Å²) in [5, 5.41) is 8.58. The molecule has 3 rings (SSSR count). The molecule has 6 heteroatoms. The van der Waals surface area contributed by atoms with Gasteiger partial charge < -0.3 is 10.2 Å². The Hall–Kier alpha value is -2.53. The predicted molar refractivity (Wildman–Crippen MR) is 94.5 cm³/mol. The summed E-state index contributed by atoms with van der Waals surface area (Å²) >= 11 is 6.01. The second-order valence-corrected chi connectivity index (χ2v) is 5.85. The average Bonchev–Trinajstić information content (AvgIpc) is 3.04. The summed E-state index contributed by atoms with van der Waals surface area (Å²) in [5.41, 5.74) is 3.12. The summed E-state index contributed by atoms with van der Waals surface area (Å²) in [7, 11) is 3.84. The van der Waals surface area contributed by atoms with Crippen molar-refractivity contribution in [2.75, 3.05) is 24.3 Å². The summed E-state index contributed by atoms with van der Waals surface area (Å²) in [6.45, 7) is 0.713. The number of nitrogens with one attached hydrogen (secondary N) is 1. The number of halogens is 1. The molecule has 0 radical (unpaired) electrons. The summed E-state index contributed by atoms with van der Waals surface area (Å²) in [5.74, 6) is 0.683. The molecule has 0 unspecified atom stereocenters. The molecule has 1 aromatic heterocycles. The Morgan fingerprint density at radius 3 is 2.70 bits per heavy atom. The predicted octanol–water partition coefficient (Wildman–Crippen LogP) is 3.60. The molecule has 1 N–H and O–H groups in total. The molecule has 3 aromatic rings. The molecule has 0 saturated carbocycles. The molecular weight excluding hydrogens is 310 g/mol. The summed E-state index contributed by atoms with van der Waals surface area (Å²) in [6, 6.07) is 15.9. The molecule has 0 aliphatic carbocycles. The topological polar surface area (TPSA) is 46.0 Å². The van der Waals surface area contributed by atoms with Crippen molar-refractivity contribution in [2.24, 2.45) is 0 Å². The Morgan fingerprint density at radius 1 is 1.13 bits per heavy atom. The van der Waals surface area contributed by atoms with Gasteiger partial charge in [0.05, 0.1) is 5.69 Å². The van der Waals surface area contributed by atoms with Crippen molar-refractivity contribution in [3.05, 3.63) is 65.4 Å². The van der Waals surface area contributed by atoms with Gasteiger partial charge in [0.25, 0.3) is 0 Å². The van der Waals surface area contributed by atoms with Crippen LogP contribution in [0.15, 0.2) is 54.9 Å². The van der Waals surface area contributed by atoms with Crippen molar-refractivity contribution in [1.29, 1.82) is 0 Å². The molecule has 2 aromatic carbocycles. The first-order chi connectivity index (χ1) is 11.1. The average molecular weight is 328 g/mol. The minimum Gasteiger partial charge on any atom is -0.381 e. The minimum absolute atomic E-state index is 0.683. The molecule has 0 atom stereocenters. The maximum absolute atomic E-state index is 6.01. The lowest BCUT2D eigenvalue weighted by molar-refractivity contribution is 0.865. The van der Waals surface area contributed by atoms with Crippen LogP contribution in [0.25, 0.3) is 5.69 Å². The lowest BCUT2D eigenvalue weighted by atomic mass is 10.2. The van der Waals surface area contributed by atoms with Gasteiger partial charge in [0.1, 0.15) is 6.33 Å². The van der Waals surface area contributed by atoms with Gasteiger partial charge in [-0.2, -0.15) is 4.98 Å². The van der Waals surface area contributed by atoms with Crippen LogP contribution in [-0.4, -0.2) is 28.9 Å². The van der Waals surface area contributed by atoms with Crippen molar-refractivity contribution in [3.8, 4) is 5.69 Å². The molecule has 0 amide bonds. The normalized spacial score (nSPS) is 10.6. The SMILES string of the molecule is CN(C)c1ncn(-c2cccc(NCc3cccc(Cl)c3)c2)n1. The molecule has 0 bridgehead atoms. The fourth-order valence-electron chi connectivity index (χ4n) is 2.19. The first kappa shape index (κ1) is 15.4. The third-order valence-corrected chi connectivity index (χ3v) is 3.61. The Morgan fingerprint density at radius 2 is 1.96 bits per heavy atom. The highest BCUT2D eigenvalue weighted by Gasteiger charge is 2.05. The van der Waals surface area contributed by atoms with Gasteiger partial charge in [-0.3, -0.25) is 0 Å². The Labute approximate surface area is 140 Å². The number of aromatic nitrogens is 3. The van der Waals surface area contributed by atoms with Gasteiger partial charge in [-0.15, -0.1) is 5.10 Å².